The molecule has 0 aliphatic heterocycles. The number of unbranched alkanes of at least 4 members (excludes halogenated alkanes) is 1. The van der Waals surface area contributed by atoms with Gasteiger partial charge in [-0.1, -0.05) is 32.8 Å². The SMILES string of the molecule is CCCC.Cn1ccccc1=O. The van der Waals surface area contributed by atoms with Gasteiger partial charge >= 0.3 is 0 Å². The third kappa shape index (κ3) is 4.72. The van der Waals surface area contributed by atoms with E-state index < -0.39 is 0 Å². The summed E-state index contributed by atoms with van der Waals surface area (Å²) in [6.45, 7) is 4.36. The highest BCUT2D eigenvalue weighted by Crippen LogP contribution is 1.76. The standard InChI is InChI=1S/C6H7NO.C4H10/c1-7-5-3-2-4-6(7)8;1-3-4-2/h2-5H,1H3;3-4H2,1-2H3. The van der Waals surface area contributed by atoms with Crippen molar-refractivity contribution in [1.29, 1.82) is 0 Å². The Morgan fingerprint density at radius 1 is 1.25 bits per heavy atom. The second kappa shape index (κ2) is 6.65. The Labute approximate surface area is 73.9 Å². The normalized spacial score (nSPS) is 8.58. The molecule has 2 nitrogen and oxygen atoms in total. The lowest BCUT2D eigenvalue weighted by molar-refractivity contribution is 0.860. The summed E-state index contributed by atoms with van der Waals surface area (Å²) in [6, 6.07) is 5.07. The maximum Gasteiger partial charge on any atom is 0.250 e. The molecule has 0 saturated heterocycles. The molecule has 0 spiro atoms. The fourth-order valence-electron chi connectivity index (χ4n) is 0.508. The van der Waals surface area contributed by atoms with Gasteiger partial charge in [0.1, 0.15) is 0 Å². The fraction of sp³-hybridized carbons (Fsp3) is 0.500. The van der Waals surface area contributed by atoms with E-state index in [1.807, 2.05) is 6.07 Å². The number of hydrogen-bond acceptors (Lipinski definition) is 1. The zero-order valence-corrected chi connectivity index (χ0v) is 8.08. The molecule has 0 N–H and O–H groups in total. The van der Waals surface area contributed by atoms with Crippen molar-refractivity contribution in [3.63, 3.8) is 0 Å². The molecule has 0 atom stereocenters. The minimum absolute atomic E-state index is 0.0347. The Hall–Kier alpha value is -1.05. The minimum atomic E-state index is 0.0347. The lowest BCUT2D eigenvalue weighted by Gasteiger charge is -1.89. The van der Waals surface area contributed by atoms with E-state index in [1.54, 1.807) is 19.3 Å². The average molecular weight is 167 g/mol. The quantitative estimate of drug-likeness (QED) is 0.628. The van der Waals surface area contributed by atoms with Crippen molar-refractivity contribution in [1.82, 2.24) is 4.57 Å². The smallest absolute Gasteiger partial charge is 0.250 e. The van der Waals surface area contributed by atoms with Crippen molar-refractivity contribution in [2.24, 2.45) is 7.05 Å². The van der Waals surface area contributed by atoms with E-state index >= 15 is 0 Å². The van der Waals surface area contributed by atoms with Crippen LogP contribution in [0.4, 0.5) is 0 Å². The van der Waals surface area contributed by atoms with E-state index in [-0.39, 0.29) is 5.56 Å². The predicted octanol–water partition coefficient (Wildman–Crippen LogP) is 2.19. The molecule has 0 aromatic carbocycles. The van der Waals surface area contributed by atoms with Crippen molar-refractivity contribution < 1.29 is 0 Å². The van der Waals surface area contributed by atoms with Gasteiger partial charge in [0.2, 0.25) is 5.56 Å². The fourth-order valence-corrected chi connectivity index (χ4v) is 0.508. The number of hydrogen-bond donors (Lipinski definition) is 0. The first-order valence-electron chi connectivity index (χ1n) is 4.34. The molecule has 1 aromatic heterocycles. The molecule has 0 amide bonds. The Morgan fingerprint density at radius 2 is 1.83 bits per heavy atom. The highest BCUT2D eigenvalue weighted by Gasteiger charge is 1.79. The Morgan fingerprint density at radius 3 is 2.08 bits per heavy atom. The number of rotatable bonds is 1. The summed E-state index contributed by atoms with van der Waals surface area (Å²) in [6.07, 6.45) is 4.36. The molecular formula is C10H17NO. The molecule has 68 valence electrons. The van der Waals surface area contributed by atoms with Crippen LogP contribution < -0.4 is 5.56 Å². The lowest BCUT2D eigenvalue weighted by Crippen LogP contribution is -2.12. The molecule has 0 aliphatic carbocycles. The average Bonchev–Trinajstić information content (AvgIpc) is 2.11. The predicted molar refractivity (Wildman–Crippen MR) is 52.3 cm³/mol. The van der Waals surface area contributed by atoms with Gasteiger partial charge in [-0.05, 0) is 6.07 Å². The van der Waals surface area contributed by atoms with Crippen LogP contribution in [0.1, 0.15) is 26.7 Å². The van der Waals surface area contributed by atoms with Crippen LogP contribution in [0.25, 0.3) is 0 Å². The molecule has 2 heteroatoms. The third-order valence-electron chi connectivity index (χ3n) is 1.51. The summed E-state index contributed by atoms with van der Waals surface area (Å²) < 4.78 is 1.53. The molecule has 0 aliphatic rings. The molecule has 1 aromatic rings. The molecule has 0 radical (unpaired) electrons. The second-order valence-electron chi connectivity index (χ2n) is 2.65. The third-order valence-corrected chi connectivity index (χ3v) is 1.51. The van der Waals surface area contributed by atoms with E-state index in [1.165, 1.54) is 23.5 Å². The molecule has 0 saturated carbocycles. The van der Waals surface area contributed by atoms with E-state index in [0.29, 0.717) is 0 Å². The van der Waals surface area contributed by atoms with Gasteiger partial charge in [-0.15, -0.1) is 0 Å². The Kier molecular flexibility index (Phi) is 6.07. The van der Waals surface area contributed by atoms with E-state index in [2.05, 4.69) is 13.8 Å². The van der Waals surface area contributed by atoms with E-state index in [9.17, 15) is 4.79 Å². The maximum atomic E-state index is 10.6. The van der Waals surface area contributed by atoms with Crippen LogP contribution in [-0.4, -0.2) is 4.57 Å². The monoisotopic (exact) mass is 167 g/mol. The van der Waals surface area contributed by atoms with E-state index in [4.69, 9.17) is 0 Å². The van der Waals surface area contributed by atoms with Crippen molar-refractivity contribution >= 4 is 0 Å². The van der Waals surface area contributed by atoms with Gasteiger partial charge in [0.05, 0.1) is 0 Å². The largest absolute Gasteiger partial charge is 0.319 e. The van der Waals surface area contributed by atoms with Gasteiger partial charge in [-0.2, -0.15) is 0 Å². The van der Waals surface area contributed by atoms with Gasteiger partial charge in [0.25, 0.3) is 0 Å². The van der Waals surface area contributed by atoms with Crippen molar-refractivity contribution in [3.8, 4) is 0 Å². The zero-order chi connectivity index (χ0) is 9.40. The molecule has 0 bridgehead atoms. The van der Waals surface area contributed by atoms with Crippen LogP contribution in [0, 0.1) is 0 Å². The molecular weight excluding hydrogens is 150 g/mol. The molecule has 1 rings (SSSR count). The first-order chi connectivity index (χ1) is 5.72. The van der Waals surface area contributed by atoms with Crippen molar-refractivity contribution in [2.75, 3.05) is 0 Å². The highest BCUT2D eigenvalue weighted by molar-refractivity contribution is 4.91. The summed E-state index contributed by atoms with van der Waals surface area (Å²) in [7, 11) is 1.72. The summed E-state index contributed by atoms with van der Waals surface area (Å²) in [5.74, 6) is 0. The number of aryl methyl sites for hydroxylation is 1. The van der Waals surface area contributed by atoms with Crippen LogP contribution in [0.15, 0.2) is 29.2 Å². The summed E-state index contributed by atoms with van der Waals surface area (Å²) >= 11 is 0. The van der Waals surface area contributed by atoms with Gasteiger partial charge in [0, 0.05) is 19.3 Å². The van der Waals surface area contributed by atoms with Crippen LogP contribution in [0.5, 0.6) is 0 Å². The lowest BCUT2D eigenvalue weighted by atomic mass is 10.4. The highest BCUT2D eigenvalue weighted by atomic mass is 16.1. The van der Waals surface area contributed by atoms with E-state index in [0.717, 1.165) is 0 Å². The van der Waals surface area contributed by atoms with Crippen molar-refractivity contribution in [2.45, 2.75) is 26.7 Å². The summed E-state index contributed by atoms with van der Waals surface area (Å²) in [4.78, 5) is 10.6. The molecule has 0 unspecified atom stereocenters. The Balaban J connectivity index is 0.000000261. The van der Waals surface area contributed by atoms with Crippen LogP contribution >= 0.6 is 0 Å². The van der Waals surface area contributed by atoms with Crippen LogP contribution in [0.2, 0.25) is 0 Å². The van der Waals surface area contributed by atoms with Crippen molar-refractivity contribution in [3.05, 3.63) is 34.7 Å². The number of pyridine rings is 1. The first-order valence-corrected chi connectivity index (χ1v) is 4.34. The van der Waals surface area contributed by atoms with Gasteiger partial charge in [-0.3, -0.25) is 4.79 Å². The van der Waals surface area contributed by atoms with Crippen LogP contribution in [-0.2, 0) is 7.05 Å². The van der Waals surface area contributed by atoms with Gasteiger partial charge in [-0.25, -0.2) is 0 Å². The second-order valence-corrected chi connectivity index (χ2v) is 2.65. The summed E-state index contributed by atoms with van der Waals surface area (Å²) in [5, 5.41) is 0. The van der Waals surface area contributed by atoms with Gasteiger partial charge < -0.3 is 4.57 Å². The van der Waals surface area contributed by atoms with Crippen LogP contribution in [0.3, 0.4) is 0 Å². The zero-order valence-electron chi connectivity index (χ0n) is 8.08. The molecule has 1 heterocycles. The van der Waals surface area contributed by atoms with Gasteiger partial charge in [0.15, 0.2) is 0 Å². The maximum absolute atomic E-state index is 10.6. The Bertz CT molecular complexity index is 250. The number of aromatic nitrogens is 1. The molecule has 12 heavy (non-hydrogen) atoms. The minimum Gasteiger partial charge on any atom is -0.319 e. The molecule has 0 fully saturated rings. The topological polar surface area (TPSA) is 22.0 Å². The first kappa shape index (κ1) is 11.0. The number of nitrogens with zero attached hydrogens (tertiary/aromatic N) is 1. The summed E-state index contributed by atoms with van der Waals surface area (Å²) in [5.41, 5.74) is 0.0347.